The summed E-state index contributed by atoms with van der Waals surface area (Å²) in [4.78, 5) is 13.7. The molecule has 20 heavy (non-hydrogen) atoms. The number of urea groups is 1. The van der Waals surface area contributed by atoms with Gasteiger partial charge in [0.05, 0.1) is 18.7 Å². The molecule has 0 bridgehead atoms. The molecule has 2 atom stereocenters. The van der Waals surface area contributed by atoms with Crippen LogP contribution in [0.15, 0.2) is 18.2 Å². The van der Waals surface area contributed by atoms with E-state index in [-0.39, 0.29) is 29.3 Å². The molecule has 1 heterocycles. The molecular formula is C14H18ClFN2O2. The summed E-state index contributed by atoms with van der Waals surface area (Å²) in [6, 6.07) is 3.45. The first kappa shape index (κ1) is 15.1. The smallest absolute Gasteiger partial charge is 0.318 e. The standard InChI is InChI=1S/C14H18ClFN2O2/c1-9(13-11(15)5-2-6-12(13)16)17-14(20)18-7-3-4-10(18)8-19/h2,5-6,9-10,19H,3-4,7-8H2,1H3,(H,17,20)/t9?,10-/m1/s1. The Labute approximate surface area is 122 Å². The molecule has 2 N–H and O–H groups in total. The van der Waals surface area contributed by atoms with Crippen LogP contribution in [-0.2, 0) is 0 Å². The highest BCUT2D eigenvalue weighted by molar-refractivity contribution is 6.31. The summed E-state index contributed by atoms with van der Waals surface area (Å²) < 4.78 is 13.8. The lowest BCUT2D eigenvalue weighted by molar-refractivity contribution is 0.155. The molecule has 0 aromatic heterocycles. The van der Waals surface area contributed by atoms with Crippen LogP contribution in [0, 0.1) is 5.82 Å². The van der Waals surface area contributed by atoms with Gasteiger partial charge in [0, 0.05) is 17.1 Å². The van der Waals surface area contributed by atoms with Crippen LogP contribution in [0.1, 0.15) is 31.4 Å². The molecule has 110 valence electrons. The largest absolute Gasteiger partial charge is 0.394 e. The summed E-state index contributed by atoms with van der Waals surface area (Å²) >= 11 is 5.98. The second-order valence-corrected chi connectivity index (χ2v) is 5.39. The van der Waals surface area contributed by atoms with Crippen molar-refractivity contribution in [3.05, 3.63) is 34.6 Å². The molecule has 2 amide bonds. The number of hydrogen-bond donors (Lipinski definition) is 2. The minimum atomic E-state index is -0.531. The van der Waals surface area contributed by atoms with Crippen LogP contribution >= 0.6 is 11.6 Å². The third-order valence-corrected chi connectivity index (χ3v) is 3.95. The zero-order chi connectivity index (χ0) is 14.7. The number of amides is 2. The quantitative estimate of drug-likeness (QED) is 0.902. The highest BCUT2D eigenvalue weighted by Gasteiger charge is 2.29. The van der Waals surface area contributed by atoms with Crippen LogP contribution in [-0.4, -0.2) is 35.2 Å². The number of aliphatic hydroxyl groups is 1. The molecule has 1 aliphatic heterocycles. The van der Waals surface area contributed by atoms with Crippen LogP contribution in [0.4, 0.5) is 9.18 Å². The van der Waals surface area contributed by atoms with E-state index in [9.17, 15) is 14.3 Å². The maximum Gasteiger partial charge on any atom is 0.318 e. The van der Waals surface area contributed by atoms with E-state index in [2.05, 4.69) is 5.32 Å². The van der Waals surface area contributed by atoms with Crippen LogP contribution in [0.3, 0.4) is 0 Å². The molecule has 0 spiro atoms. The second kappa shape index (κ2) is 6.41. The van der Waals surface area contributed by atoms with Gasteiger partial charge in [-0.2, -0.15) is 0 Å². The van der Waals surface area contributed by atoms with Crippen molar-refractivity contribution in [3.63, 3.8) is 0 Å². The van der Waals surface area contributed by atoms with Gasteiger partial charge >= 0.3 is 6.03 Å². The first-order valence-corrected chi connectivity index (χ1v) is 7.04. The maximum atomic E-state index is 13.8. The Kier molecular flexibility index (Phi) is 4.83. The van der Waals surface area contributed by atoms with Gasteiger partial charge in [0.1, 0.15) is 5.82 Å². The molecule has 1 aliphatic rings. The second-order valence-electron chi connectivity index (χ2n) is 4.98. The zero-order valence-corrected chi connectivity index (χ0v) is 12.0. The lowest BCUT2D eigenvalue weighted by atomic mass is 10.1. The predicted molar refractivity (Wildman–Crippen MR) is 75.2 cm³/mol. The fourth-order valence-corrected chi connectivity index (χ4v) is 2.88. The molecule has 6 heteroatoms. The number of nitrogens with one attached hydrogen (secondary N) is 1. The van der Waals surface area contributed by atoms with Crippen molar-refractivity contribution < 1.29 is 14.3 Å². The monoisotopic (exact) mass is 300 g/mol. The fraction of sp³-hybridized carbons (Fsp3) is 0.500. The van der Waals surface area contributed by atoms with Gasteiger partial charge in [-0.05, 0) is 31.9 Å². The molecule has 0 radical (unpaired) electrons. The lowest BCUT2D eigenvalue weighted by Crippen LogP contribution is -2.45. The summed E-state index contributed by atoms with van der Waals surface area (Å²) in [5.41, 5.74) is 0.280. The Morgan fingerprint density at radius 3 is 3.05 bits per heavy atom. The van der Waals surface area contributed by atoms with Gasteiger partial charge < -0.3 is 15.3 Å². The molecule has 0 saturated carbocycles. The van der Waals surface area contributed by atoms with E-state index in [1.54, 1.807) is 17.9 Å². The summed E-state index contributed by atoms with van der Waals surface area (Å²) in [6.07, 6.45) is 1.66. The van der Waals surface area contributed by atoms with E-state index in [0.29, 0.717) is 6.54 Å². The number of carbonyl (C=O) groups is 1. The van der Waals surface area contributed by atoms with Gasteiger partial charge in [-0.15, -0.1) is 0 Å². The van der Waals surface area contributed by atoms with E-state index in [1.807, 2.05) is 0 Å². The summed E-state index contributed by atoms with van der Waals surface area (Å²) in [7, 11) is 0. The molecule has 1 unspecified atom stereocenters. The third-order valence-electron chi connectivity index (χ3n) is 3.62. The van der Waals surface area contributed by atoms with Gasteiger partial charge in [-0.1, -0.05) is 17.7 Å². The Morgan fingerprint density at radius 2 is 2.40 bits per heavy atom. The number of nitrogens with zero attached hydrogens (tertiary/aromatic N) is 1. The summed E-state index contributed by atoms with van der Waals surface area (Å²) in [6.45, 7) is 2.24. The van der Waals surface area contributed by atoms with Gasteiger partial charge in [0.2, 0.25) is 0 Å². The van der Waals surface area contributed by atoms with Crippen molar-refractivity contribution in [2.75, 3.05) is 13.2 Å². The van der Waals surface area contributed by atoms with Crippen LogP contribution in [0.25, 0.3) is 0 Å². The van der Waals surface area contributed by atoms with Gasteiger partial charge in [0.15, 0.2) is 0 Å². The van der Waals surface area contributed by atoms with Gasteiger partial charge in [-0.25, -0.2) is 9.18 Å². The molecule has 1 fully saturated rings. The number of halogens is 2. The van der Waals surface area contributed by atoms with E-state index < -0.39 is 11.9 Å². The van der Waals surface area contributed by atoms with Crippen molar-refractivity contribution in [1.29, 1.82) is 0 Å². The number of rotatable bonds is 3. The number of likely N-dealkylation sites (tertiary alicyclic amines) is 1. The van der Waals surface area contributed by atoms with E-state index in [0.717, 1.165) is 12.8 Å². The average molecular weight is 301 g/mol. The molecule has 2 rings (SSSR count). The van der Waals surface area contributed by atoms with Crippen LogP contribution in [0.5, 0.6) is 0 Å². The van der Waals surface area contributed by atoms with Crippen LogP contribution < -0.4 is 5.32 Å². The zero-order valence-electron chi connectivity index (χ0n) is 11.3. The molecule has 4 nitrogen and oxygen atoms in total. The number of carbonyl (C=O) groups excluding carboxylic acids is 1. The summed E-state index contributed by atoms with van der Waals surface area (Å²) in [5, 5.41) is 12.2. The van der Waals surface area contributed by atoms with Crippen molar-refractivity contribution in [1.82, 2.24) is 10.2 Å². The van der Waals surface area contributed by atoms with E-state index in [1.165, 1.54) is 12.1 Å². The Bertz CT molecular complexity index is 478. The fourth-order valence-electron chi connectivity index (χ4n) is 2.56. The van der Waals surface area contributed by atoms with Crippen molar-refractivity contribution in [3.8, 4) is 0 Å². The lowest BCUT2D eigenvalue weighted by Gasteiger charge is -2.26. The molecule has 0 aliphatic carbocycles. The molecule has 1 aromatic carbocycles. The number of aliphatic hydroxyl groups excluding tert-OH is 1. The van der Waals surface area contributed by atoms with Crippen molar-refractivity contribution in [2.24, 2.45) is 0 Å². The first-order chi connectivity index (χ1) is 9.54. The number of hydrogen-bond acceptors (Lipinski definition) is 2. The van der Waals surface area contributed by atoms with Crippen LogP contribution in [0.2, 0.25) is 5.02 Å². The normalized spacial score (nSPS) is 20.0. The minimum absolute atomic E-state index is 0.0533. The molecule has 1 saturated heterocycles. The van der Waals surface area contributed by atoms with E-state index in [4.69, 9.17) is 11.6 Å². The van der Waals surface area contributed by atoms with Gasteiger partial charge in [-0.3, -0.25) is 0 Å². The van der Waals surface area contributed by atoms with E-state index >= 15 is 0 Å². The first-order valence-electron chi connectivity index (χ1n) is 6.66. The Morgan fingerprint density at radius 1 is 1.65 bits per heavy atom. The molecule has 1 aromatic rings. The third kappa shape index (κ3) is 3.04. The summed E-state index contributed by atoms with van der Waals surface area (Å²) in [5.74, 6) is -0.439. The average Bonchev–Trinajstić information content (AvgIpc) is 2.86. The Hall–Kier alpha value is -1.33. The molecular weight excluding hydrogens is 283 g/mol. The Balaban J connectivity index is 2.08. The van der Waals surface area contributed by atoms with Crippen molar-refractivity contribution in [2.45, 2.75) is 31.8 Å². The predicted octanol–water partition coefficient (Wildman–Crippen LogP) is 2.71. The number of benzene rings is 1. The highest BCUT2D eigenvalue weighted by Crippen LogP contribution is 2.26. The minimum Gasteiger partial charge on any atom is -0.394 e. The van der Waals surface area contributed by atoms with Gasteiger partial charge in [0.25, 0.3) is 0 Å². The topological polar surface area (TPSA) is 52.6 Å². The highest BCUT2D eigenvalue weighted by atomic mass is 35.5. The van der Waals surface area contributed by atoms with Crippen molar-refractivity contribution >= 4 is 17.6 Å². The maximum absolute atomic E-state index is 13.8. The SMILES string of the molecule is CC(NC(=O)N1CCC[C@@H]1CO)c1c(F)cccc1Cl.